The standard InChI is InChI=1S/C29H34N4O3/c34-28(30-22-27(24-12-6-2-7-13-24)25-14-8-3-9-15-25)32-19-17-26(18-20-32)31-33(29(35)36)21-16-23-10-4-1-5-11-23/h1-15,26-27,31H,16-22H2,(H,30,34)(H,35,36). The van der Waals surface area contributed by atoms with Crippen molar-refractivity contribution in [3.63, 3.8) is 0 Å². The van der Waals surface area contributed by atoms with Crippen LogP contribution in [0, 0.1) is 0 Å². The topological polar surface area (TPSA) is 84.9 Å². The number of carbonyl (C=O) groups is 2. The van der Waals surface area contributed by atoms with Crippen LogP contribution >= 0.6 is 0 Å². The summed E-state index contributed by atoms with van der Waals surface area (Å²) in [5.74, 6) is 0.0734. The number of benzene rings is 3. The first-order chi connectivity index (χ1) is 17.6. The minimum absolute atomic E-state index is 0.0160. The van der Waals surface area contributed by atoms with Crippen LogP contribution in [-0.4, -0.2) is 59.4 Å². The van der Waals surface area contributed by atoms with E-state index in [9.17, 15) is 14.7 Å². The van der Waals surface area contributed by atoms with E-state index in [0.29, 0.717) is 45.4 Å². The molecule has 1 heterocycles. The van der Waals surface area contributed by atoms with Gasteiger partial charge in [0.1, 0.15) is 0 Å². The molecule has 3 N–H and O–H groups in total. The summed E-state index contributed by atoms with van der Waals surface area (Å²) in [6, 6.07) is 30.2. The van der Waals surface area contributed by atoms with Crippen molar-refractivity contribution < 1.29 is 14.7 Å². The molecule has 1 saturated heterocycles. The minimum atomic E-state index is -0.987. The second kappa shape index (κ2) is 12.7. The fourth-order valence-electron chi connectivity index (χ4n) is 4.63. The van der Waals surface area contributed by atoms with Crippen molar-refractivity contribution in [2.75, 3.05) is 26.2 Å². The van der Waals surface area contributed by atoms with Crippen LogP contribution in [0.3, 0.4) is 0 Å². The molecule has 0 saturated carbocycles. The molecule has 4 rings (SSSR count). The molecule has 36 heavy (non-hydrogen) atoms. The van der Waals surface area contributed by atoms with Gasteiger partial charge in [-0.15, -0.1) is 0 Å². The van der Waals surface area contributed by atoms with Crippen molar-refractivity contribution in [3.8, 4) is 0 Å². The van der Waals surface area contributed by atoms with Gasteiger partial charge >= 0.3 is 12.1 Å². The number of rotatable bonds is 9. The van der Waals surface area contributed by atoms with Crippen molar-refractivity contribution in [1.29, 1.82) is 0 Å². The van der Waals surface area contributed by atoms with E-state index >= 15 is 0 Å². The molecule has 0 unspecified atom stereocenters. The second-order valence-corrected chi connectivity index (χ2v) is 9.12. The quantitative estimate of drug-likeness (QED) is 0.382. The van der Waals surface area contributed by atoms with E-state index in [1.54, 1.807) is 0 Å². The summed E-state index contributed by atoms with van der Waals surface area (Å²) < 4.78 is 0. The van der Waals surface area contributed by atoms with Crippen LogP contribution in [0.5, 0.6) is 0 Å². The molecule has 188 valence electrons. The maximum atomic E-state index is 13.0. The Morgan fingerprint density at radius 3 is 1.92 bits per heavy atom. The van der Waals surface area contributed by atoms with Gasteiger partial charge in [-0.3, -0.25) is 0 Å². The van der Waals surface area contributed by atoms with Crippen LogP contribution in [-0.2, 0) is 6.42 Å². The smallest absolute Gasteiger partial charge is 0.421 e. The summed E-state index contributed by atoms with van der Waals surface area (Å²) in [5.41, 5.74) is 6.58. The first kappa shape index (κ1) is 25.3. The van der Waals surface area contributed by atoms with Crippen molar-refractivity contribution in [2.24, 2.45) is 0 Å². The summed E-state index contributed by atoms with van der Waals surface area (Å²) in [6.45, 7) is 2.05. The molecule has 0 atom stereocenters. The molecule has 1 aliphatic rings. The number of carboxylic acid groups (broad SMARTS) is 1. The van der Waals surface area contributed by atoms with Gasteiger partial charge in [0.15, 0.2) is 0 Å². The third kappa shape index (κ3) is 7.09. The number of nitrogens with one attached hydrogen (secondary N) is 2. The lowest BCUT2D eigenvalue weighted by Crippen LogP contribution is -2.54. The molecule has 7 heteroatoms. The van der Waals surface area contributed by atoms with Crippen molar-refractivity contribution >= 4 is 12.1 Å². The molecule has 0 radical (unpaired) electrons. The zero-order chi connectivity index (χ0) is 25.2. The lowest BCUT2D eigenvalue weighted by Gasteiger charge is -2.35. The van der Waals surface area contributed by atoms with E-state index in [0.717, 1.165) is 16.7 Å². The molecule has 1 fully saturated rings. The number of urea groups is 1. The normalized spacial score (nSPS) is 14.0. The Kier molecular flexibility index (Phi) is 8.94. The van der Waals surface area contributed by atoms with Gasteiger partial charge in [0, 0.05) is 38.1 Å². The molecular weight excluding hydrogens is 452 g/mol. The highest BCUT2D eigenvalue weighted by molar-refractivity contribution is 5.74. The largest absolute Gasteiger partial charge is 0.464 e. The Morgan fingerprint density at radius 2 is 1.39 bits per heavy atom. The number of amides is 3. The summed E-state index contributed by atoms with van der Waals surface area (Å²) in [7, 11) is 0. The van der Waals surface area contributed by atoms with Gasteiger partial charge in [0.2, 0.25) is 0 Å². The number of carbonyl (C=O) groups excluding carboxylic acids is 1. The molecule has 3 aromatic carbocycles. The first-order valence-corrected chi connectivity index (χ1v) is 12.5. The van der Waals surface area contributed by atoms with Gasteiger partial charge in [-0.1, -0.05) is 91.0 Å². The Bertz CT molecular complexity index is 1050. The van der Waals surface area contributed by atoms with Gasteiger partial charge in [-0.2, -0.15) is 0 Å². The summed E-state index contributed by atoms with van der Waals surface area (Å²) >= 11 is 0. The second-order valence-electron chi connectivity index (χ2n) is 9.12. The summed E-state index contributed by atoms with van der Waals surface area (Å²) in [4.78, 5) is 26.5. The minimum Gasteiger partial charge on any atom is -0.464 e. The van der Waals surface area contributed by atoms with Crippen LogP contribution in [0.1, 0.15) is 35.4 Å². The zero-order valence-corrected chi connectivity index (χ0v) is 20.4. The first-order valence-electron chi connectivity index (χ1n) is 12.5. The van der Waals surface area contributed by atoms with Gasteiger partial charge in [-0.05, 0) is 36.0 Å². The predicted octanol–water partition coefficient (Wildman–Crippen LogP) is 4.72. The number of likely N-dealkylation sites (tertiary alicyclic amines) is 1. The van der Waals surface area contributed by atoms with Crippen LogP contribution in [0.4, 0.5) is 9.59 Å². The van der Waals surface area contributed by atoms with Crippen molar-refractivity contribution in [1.82, 2.24) is 20.7 Å². The number of hydrogen-bond donors (Lipinski definition) is 3. The fourth-order valence-corrected chi connectivity index (χ4v) is 4.63. The van der Waals surface area contributed by atoms with Crippen LogP contribution < -0.4 is 10.7 Å². The Labute approximate surface area is 212 Å². The zero-order valence-electron chi connectivity index (χ0n) is 20.4. The van der Waals surface area contributed by atoms with E-state index in [2.05, 4.69) is 35.0 Å². The van der Waals surface area contributed by atoms with E-state index in [1.165, 1.54) is 5.01 Å². The van der Waals surface area contributed by atoms with Gasteiger partial charge in [0.25, 0.3) is 0 Å². The third-order valence-corrected chi connectivity index (χ3v) is 6.68. The molecule has 7 nitrogen and oxygen atoms in total. The number of hydrogen-bond acceptors (Lipinski definition) is 3. The number of piperidine rings is 1. The Balaban J connectivity index is 1.27. The maximum Gasteiger partial charge on any atom is 0.421 e. The lowest BCUT2D eigenvalue weighted by molar-refractivity contribution is 0.0948. The molecule has 1 aliphatic heterocycles. The summed E-state index contributed by atoms with van der Waals surface area (Å²) in [6.07, 6.45) is 1.05. The number of nitrogens with zero attached hydrogens (tertiary/aromatic N) is 2. The predicted molar refractivity (Wildman–Crippen MR) is 141 cm³/mol. The van der Waals surface area contributed by atoms with Crippen LogP contribution in [0.25, 0.3) is 0 Å². The molecule has 3 amide bonds. The SMILES string of the molecule is O=C(NCC(c1ccccc1)c1ccccc1)N1CCC(NN(CCc2ccccc2)C(=O)O)CC1. The monoisotopic (exact) mass is 486 g/mol. The van der Waals surface area contributed by atoms with Gasteiger partial charge in [-0.25, -0.2) is 20.0 Å². The van der Waals surface area contributed by atoms with E-state index < -0.39 is 6.09 Å². The summed E-state index contributed by atoms with van der Waals surface area (Å²) in [5, 5.41) is 14.0. The van der Waals surface area contributed by atoms with E-state index in [-0.39, 0.29) is 18.0 Å². The molecule has 0 aromatic heterocycles. The molecule has 3 aromatic rings. The highest BCUT2D eigenvalue weighted by Crippen LogP contribution is 2.24. The average molecular weight is 487 g/mol. The lowest BCUT2D eigenvalue weighted by atomic mass is 9.91. The molecular formula is C29H34N4O3. The molecule has 0 bridgehead atoms. The highest BCUT2D eigenvalue weighted by Gasteiger charge is 2.26. The Morgan fingerprint density at radius 1 is 0.861 bits per heavy atom. The van der Waals surface area contributed by atoms with E-state index in [1.807, 2.05) is 71.6 Å². The number of hydrazine groups is 1. The van der Waals surface area contributed by atoms with Crippen molar-refractivity contribution in [2.45, 2.75) is 31.2 Å². The molecule has 0 spiro atoms. The molecule has 0 aliphatic carbocycles. The van der Waals surface area contributed by atoms with Crippen LogP contribution in [0.2, 0.25) is 0 Å². The average Bonchev–Trinajstić information content (AvgIpc) is 2.93. The Hall–Kier alpha value is -3.84. The highest BCUT2D eigenvalue weighted by atomic mass is 16.4. The fraction of sp³-hybridized carbons (Fsp3) is 0.310. The van der Waals surface area contributed by atoms with Crippen LogP contribution in [0.15, 0.2) is 91.0 Å². The maximum absolute atomic E-state index is 13.0. The van der Waals surface area contributed by atoms with Gasteiger partial charge < -0.3 is 15.3 Å². The third-order valence-electron chi connectivity index (χ3n) is 6.68. The van der Waals surface area contributed by atoms with Crippen molar-refractivity contribution in [3.05, 3.63) is 108 Å². The van der Waals surface area contributed by atoms with Gasteiger partial charge in [0.05, 0.1) is 0 Å². The van der Waals surface area contributed by atoms with E-state index in [4.69, 9.17) is 0 Å².